The van der Waals surface area contributed by atoms with Crippen LogP contribution in [0.3, 0.4) is 0 Å². The van der Waals surface area contributed by atoms with Gasteiger partial charge < -0.3 is 9.88 Å². The van der Waals surface area contributed by atoms with Crippen LogP contribution in [0.2, 0.25) is 0 Å². The number of imidazole rings is 1. The van der Waals surface area contributed by atoms with E-state index in [-0.39, 0.29) is 17.8 Å². The van der Waals surface area contributed by atoms with Crippen molar-refractivity contribution in [3.8, 4) is 11.3 Å². The molecular weight excluding hydrogens is 319 g/mol. The number of piperidine rings is 1. The lowest BCUT2D eigenvalue weighted by Gasteiger charge is -2.34. The third kappa shape index (κ3) is 4.25. The number of likely N-dealkylation sites (tertiary alicyclic amines) is 1. The minimum Gasteiger partial charge on any atom is -0.349 e. The molecule has 0 aliphatic carbocycles. The number of halogens is 1. The van der Waals surface area contributed by atoms with Gasteiger partial charge in [-0.3, -0.25) is 9.69 Å². The van der Waals surface area contributed by atoms with Crippen molar-refractivity contribution < 1.29 is 9.18 Å². The Morgan fingerprint density at radius 2 is 2.24 bits per heavy atom. The summed E-state index contributed by atoms with van der Waals surface area (Å²) in [6.07, 6.45) is 5.60. The van der Waals surface area contributed by atoms with Gasteiger partial charge in [-0.25, -0.2) is 9.37 Å². The first kappa shape index (κ1) is 17.6. The fourth-order valence-electron chi connectivity index (χ4n) is 3.34. The van der Waals surface area contributed by atoms with Crippen molar-refractivity contribution >= 4 is 5.91 Å². The highest BCUT2D eigenvalue weighted by atomic mass is 19.1. The topological polar surface area (TPSA) is 52.2 Å². The van der Waals surface area contributed by atoms with E-state index in [2.05, 4.69) is 14.9 Å². The fourth-order valence-corrected chi connectivity index (χ4v) is 3.34. The maximum Gasteiger partial charge on any atom is 0.223 e. The van der Waals surface area contributed by atoms with Crippen LogP contribution in [0.5, 0.6) is 0 Å². The Bertz CT molecular complexity index is 728. The van der Waals surface area contributed by atoms with E-state index in [4.69, 9.17) is 0 Å². The van der Waals surface area contributed by atoms with Gasteiger partial charge in [0, 0.05) is 32.6 Å². The minimum absolute atomic E-state index is 0.143. The van der Waals surface area contributed by atoms with Gasteiger partial charge in [0.2, 0.25) is 5.91 Å². The zero-order valence-electron chi connectivity index (χ0n) is 14.8. The van der Waals surface area contributed by atoms with Crippen molar-refractivity contribution in [1.82, 2.24) is 19.8 Å². The third-order valence-electron chi connectivity index (χ3n) is 4.77. The van der Waals surface area contributed by atoms with E-state index in [0.29, 0.717) is 6.42 Å². The predicted octanol–water partition coefficient (Wildman–Crippen LogP) is 3.22. The number of carbonyl (C=O) groups is 1. The van der Waals surface area contributed by atoms with Gasteiger partial charge in [0.1, 0.15) is 11.6 Å². The molecule has 1 atom stereocenters. The number of amides is 1. The molecule has 5 nitrogen and oxygen atoms in total. The van der Waals surface area contributed by atoms with Crippen molar-refractivity contribution in [3.05, 3.63) is 42.1 Å². The van der Waals surface area contributed by atoms with Crippen LogP contribution >= 0.6 is 0 Å². The predicted molar refractivity (Wildman–Crippen MR) is 95.5 cm³/mol. The monoisotopic (exact) mass is 344 g/mol. The van der Waals surface area contributed by atoms with Crippen LogP contribution in [-0.4, -0.2) is 52.9 Å². The van der Waals surface area contributed by atoms with E-state index < -0.39 is 0 Å². The summed E-state index contributed by atoms with van der Waals surface area (Å²) in [5, 5.41) is 0. The lowest BCUT2D eigenvalue weighted by molar-refractivity contribution is -0.129. The first-order chi connectivity index (χ1) is 12.0. The summed E-state index contributed by atoms with van der Waals surface area (Å²) in [4.78, 5) is 23.8. The van der Waals surface area contributed by atoms with Crippen molar-refractivity contribution in [2.24, 2.45) is 0 Å². The Morgan fingerprint density at radius 3 is 3.00 bits per heavy atom. The molecule has 0 radical (unpaired) electrons. The maximum atomic E-state index is 13.4. The molecule has 1 saturated heterocycles. The average Bonchev–Trinajstić information content (AvgIpc) is 3.09. The molecule has 6 heteroatoms. The molecule has 1 N–H and O–H groups in total. The largest absolute Gasteiger partial charge is 0.349 e. The van der Waals surface area contributed by atoms with Gasteiger partial charge in [-0.2, -0.15) is 0 Å². The summed E-state index contributed by atoms with van der Waals surface area (Å²) in [7, 11) is 3.57. The Hall–Kier alpha value is -2.21. The molecule has 0 bridgehead atoms. The number of H-pyrrole nitrogens is 1. The van der Waals surface area contributed by atoms with Crippen LogP contribution in [0.4, 0.5) is 4.39 Å². The molecule has 1 amide bonds. The molecule has 1 aromatic heterocycles. The van der Waals surface area contributed by atoms with Crippen LogP contribution in [0.1, 0.15) is 37.5 Å². The minimum atomic E-state index is -0.254. The summed E-state index contributed by atoms with van der Waals surface area (Å²) in [5.74, 6) is 0.788. The van der Waals surface area contributed by atoms with Gasteiger partial charge >= 0.3 is 0 Å². The lowest BCUT2D eigenvalue weighted by atomic mass is 10.0. The molecule has 0 spiro atoms. The van der Waals surface area contributed by atoms with Crippen LogP contribution in [0.15, 0.2) is 30.5 Å². The standard InChI is InChI=1S/C19H25FN4O/c1-23(2)18(25)9-11-24-10-4-3-8-17(24)19-21-13-16(22-19)14-6-5-7-15(20)12-14/h5-7,12-13,17H,3-4,8-11H2,1-2H3,(H,21,22). The first-order valence-corrected chi connectivity index (χ1v) is 8.79. The van der Waals surface area contributed by atoms with Gasteiger partial charge in [0.05, 0.1) is 17.9 Å². The molecular formula is C19H25FN4O. The summed E-state index contributed by atoms with van der Waals surface area (Å²) in [5.41, 5.74) is 1.62. The highest BCUT2D eigenvalue weighted by molar-refractivity contribution is 5.75. The SMILES string of the molecule is CN(C)C(=O)CCN1CCCCC1c1ncc(-c2cccc(F)c2)[nH]1. The molecule has 3 rings (SSSR count). The molecule has 1 aliphatic rings. The second kappa shape index (κ2) is 7.78. The van der Waals surface area contributed by atoms with Gasteiger partial charge in [0.15, 0.2) is 0 Å². The number of hydrogen-bond donors (Lipinski definition) is 1. The van der Waals surface area contributed by atoms with Crippen molar-refractivity contribution in [3.63, 3.8) is 0 Å². The quantitative estimate of drug-likeness (QED) is 0.906. The van der Waals surface area contributed by atoms with Crippen molar-refractivity contribution in [2.45, 2.75) is 31.7 Å². The number of rotatable bonds is 5. The number of benzene rings is 1. The number of carbonyl (C=O) groups excluding carboxylic acids is 1. The smallest absolute Gasteiger partial charge is 0.223 e. The van der Waals surface area contributed by atoms with E-state index >= 15 is 0 Å². The second-order valence-electron chi connectivity index (χ2n) is 6.78. The molecule has 25 heavy (non-hydrogen) atoms. The first-order valence-electron chi connectivity index (χ1n) is 8.79. The van der Waals surface area contributed by atoms with E-state index in [9.17, 15) is 9.18 Å². The Labute approximate surface area is 147 Å². The molecule has 0 saturated carbocycles. The normalized spacial score (nSPS) is 18.3. The summed E-state index contributed by atoms with van der Waals surface area (Å²) < 4.78 is 13.4. The Morgan fingerprint density at radius 1 is 1.40 bits per heavy atom. The molecule has 1 aliphatic heterocycles. The number of nitrogens with zero attached hydrogens (tertiary/aromatic N) is 3. The van der Waals surface area contributed by atoms with Gasteiger partial charge in [-0.05, 0) is 31.5 Å². The van der Waals surface area contributed by atoms with E-state index in [1.807, 2.05) is 6.07 Å². The third-order valence-corrected chi connectivity index (χ3v) is 4.77. The number of nitrogens with one attached hydrogen (secondary N) is 1. The van der Waals surface area contributed by atoms with Gasteiger partial charge in [0.25, 0.3) is 0 Å². The molecule has 1 aromatic carbocycles. The average molecular weight is 344 g/mol. The number of aromatic amines is 1. The lowest BCUT2D eigenvalue weighted by Crippen LogP contribution is -2.37. The highest BCUT2D eigenvalue weighted by Crippen LogP contribution is 2.30. The molecule has 2 heterocycles. The molecule has 2 aromatic rings. The summed E-state index contributed by atoms with van der Waals surface area (Å²) in [6.45, 7) is 1.71. The fraction of sp³-hybridized carbons (Fsp3) is 0.474. The number of hydrogen-bond acceptors (Lipinski definition) is 3. The molecule has 1 fully saturated rings. The van der Waals surface area contributed by atoms with Gasteiger partial charge in [-0.15, -0.1) is 0 Å². The van der Waals surface area contributed by atoms with Crippen molar-refractivity contribution in [1.29, 1.82) is 0 Å². The molecule has 134 valence electrons. The second-order valence-corrected chi connectivity index (χ2v) is 6.78. The van der Waals surface area contributed by atoms with E-state index in [0.717, 1.165) is 49.4 Å². The maximum absolute atomic E-state index is 13.4. The van der Waals surface area contributed by atoms with Crippen LogP contribution in [0, 0.1) is 5.82 Å². The van der Waals surface area contributed by atoms with E-state index in [1.54, 1.807) is 31.3 Å². The highest BCUT2D eigenvalue weighted by Gasteiger charge is 2.26. The van der Waals surface area contributed by atoms with Crippen LogP contribution < -0.4 is 0 Å². The Balaban J connectivity index is 1.73. The number of aromatic nitrogens is 2. The summed E-state index contributed by atoms with van der Waals surface area (Å²) >= 11 is 0. The zero-order chi connectivity index (χ0) is 17.8. The van der Waals surface area contributed by atoms with Crippen LogP contribution in [-0.2, 0) is 4.79 Å². The Kier molecular flexibility index (Phi) is 5.48. The van der Waals surface area contributed by atoms with E-state index in [1.165, 1.54) is 12.1 Å². The van der Waals surface area contributed by atoms with Crippen molar-refractivity contribution in [2.75, 3.05) is 27.2 Å². The zero-order valence-corrected chi connectivity index (χ0v) is 14.8. The van der Waals surface area contributed by atoms with Crippen LogP contribution in [0.25, 0.3) is 11.3 Å². The summed E-state index contributed by atoms with van der Waals surface area (Å²) in [6, 6.07) is 6.70. The van der Waals surface area contributed by atoms with Gasteiger partial charge in [-0.1, -0.05) is 18.6 Å². The molecule has 1 unspecified atom stereocenters.